The summed E-state index contributed by atoms with van der Waals surface area (Å²) in [5, 5.41) is 12.9. The number of anilines is 1. The summed E-state index contributed by atoms with van der Waals surface area (Å²) in [5.74, 6) is 0.802. The molecule has 1 aliphatic rings. The Morgan fingerprint density at radius 1 is 1.50 bits per heavy atom. The lowest BCUT2D eigenvalue weighted by atomic mass is 9.93. The molecule has 2 atom stereocenters. The Bertz CT molecular complexity index is 345. The Morgan fingerprint density at radius 2 is 2.38 bits per heavy atom. The van der Waals surface area contributed by atoms with E-state index in [1.807, 2.05) is 0 Å². The van der Waals surface area contributed by atoms with Gasteiger partial charge in [-0.05, 0) is 25.7 Å². The molecular formula is C11H18N4O. The van der Waals surface area contributed by atoms with Crippen LogP contribution in [0.3, 0.4) is 0 Å². The van der Waals surface area contributed by atoms with E-state index in [4.69, 9.17) is 5.73 Å². The van der Waals surface area contributed by atoms with Crippen LogP contribution in [0, 0.1) is 0 Å². The molecule has 0 aliphatic heterocycles. The first-order chi connectivity index (χ1) is 7.79. The molecule has 1 heterocycles. The molecule has 1 saturated carbocycles. The third-order valence-corrected chi connectivity index (χ3v) is 3.00. The van der Waals surface area contributed by atoms with Crippen LogP contribution in [-0.4, -0.2) is 27.2 Å². The van der Waals surface area contributed by atoms with E-state index in [0.717, 1.165) is 37.1 Å². The van der Waals surface area contributed by atoms with Crippen molar-refractivity contribution in [2.45, 2.75) is 44.4 Å². The molecule has 1 aliphatic carbocycles. The van der Waals surface area contributed by atoms with E-state index >= 15 is 0 Å². The molecule has 0 radical (unpaired) electrons. The molecule has 1 aromatic rings. The van der Waals surface area contributed by atoms with E-state index in [1.165, 1.54) is 6.33 Å². The molecular weight excluding hydrogens is 204 g/mol. The van der Waals surface area contributed by atoms with Gasteiger partial charge in [-0.3, -0.25) is 0 Å². The fraction of sp³-hybridized carbons (Fsp3) is 0.636. The molecule has 0 bridgehead atoms. The van der Waals surface area contributed by atoms with Crippen LogP contribution in [0.5, 0.6) is 0 Å². The van der Waals surface area contributed by atoms with Crippen molar-refractivity contribution in [2.75, 3.05) is 5.32 Å². The van der Waals surface area contributed by atoms with Crippen LogP contribution < -0.4 is 11.1 Å². The SMILES string of the molecule is NCc1cncnc1N[C@@H]1CCC[C@H](O)C1. The van der Waals surface area contributed by atoms with Gasteiger partial charge in [0.05, 0.1) is 6.10 Å². The predicted octanol–water partition coefficient (Wildman–Crippen LogP) is 0.651. The quantitative estimate of drug-likeness (QED) is 0.699. The van der Waals surface area contributed by atoms with Crippen LogP contribution in [0.25, 0.3) is 0 Å². The Balaban J connectivity index is 2.02. The van der Waals surface area contributed by atoms with E-state index in [2.05, 4.69) is 15.3 Å². The Kier molecular flexibility index (Phi) is 3.69. The number of aliphatic hydroxyl groups excluding tert-OH is 1. The van der Waals surface area contributed by atoms with E-state index < -0.39 is 0 Å². The lowest BCUT2D eigenvalue weighted by Crippen LogP contribution is -2.30. The van der Waals surface area contributed by atoms with Gasteiger partial charge in [-0.2, -0.15) is 0 Å². The van der Waals surface area contributed by atoms with Crippen LogP contribution >= 0.6 is 0 Å². The second-order valence-corrected chi connectivity index (χ2v) is 4.26. The monoisotopic (exact) mass is 222 g/mol. The zero-order valence-electron chi connectivity index (χ0n) is 9.26. The molecule has 0 saturated heterocycles. The number of hydrogen-bond acceptors (Lipinski definition) is 5. The highest BCUT2D eigenvalue weighted by molar-refractivity contribution is 5.42. The summed E-state index contributed by atoms with van der Waals surface area (Å²) in [6, 6.07) is 0.295. The van der Waals surface area contributed by atoms with Gasteiger partial charge in [-0.1, -0.05) is 0 Å². The summed E-state index contributed by atoms with van der Waals surface area (Å²) in [4.78, 5) is 8.13. The van der Waals surface area contributed by atoms with Crippen molar-refractivity contribution in [3.63, 3.8) is 0 Å². The molecule has 0 unspecified atom stereocenters. The van der Waals surface area contributed by atoms with Crippen LogP contribution in [0.4, 0.5) is 5.82 Å². The number of nitrogens with zero attached hydrogens (tertiary/aromatic N) is 2. The van der Waals surface area contributed by atoms with Crippen molar-refractivity contribution in [2.24, 2.45) is 5.73 Å². The standard InChI is InChI=1S/C11H18N4O/c12-5-8-6-13-7-14-11(8)15-9-2-1-3-10(16)4-9/h6-7,9-10,16H,1-5,12H2,(H,13,14,15)/t9-,10+/m1/s1. The zero-order chi connectivity index (χ0) is 11.4. The highest BCUT2D eigenvalue weighted by Crippen LogP contribution is 2.22. The minimum Gasteiger partial charge on any atom is -0.393 e. The van der Waals surface area contributed by atoms with Gasteiger partial charge in [0, 0.05) is 24.3 Å². The summed E-state index contributed by atoms with van der Waals surface area (Å²) in [7, 11) is 0. The van der Waals surface area contributed by atoms with Crippen molar-refractivity contribution in [3.05, 3.63) is 18.1 Å². The van der Waals surface area contributed by atoms with E-state index in [-0.39, 0.29) is 6.10 Å². The first kappa shape index (κ1) is 11.3. The second-order valence-electron chi connectivity index (χ2n) is 4.26. The Labute approximate surface area is 95.1 Å². The van der Waals surface area contributed by atoms with Gasteiger partial charge in [-0.15, -0.1) is 0 Å². The number of aromatic nitrogens is 2. The smallest absolute Gasteiger partial charge is 0.134 e. The maximum atomic E-state index is 9.59. The van der Waals surface area contributed by atoms with Crippen molar-refractivity contribution in [1.29, 1.82) is 0 Å². The van der Waals surface area contributed by atoms with Crippen molar-refractivity contribution >= 4 is 5.82 Å². The molecule has 1 aromatic heterocycles. The fourth-order valence-corrected chi connectivity index (χ4v) is 2.13. The van der Waals surface area contributed by atoms with E-state index in [9.17, 15) is 5.11 Å². The normalized spacial score (nSPS) is 25.4. The summed E-state index contributed by atoms with van der Waals surface area (Å²) in [6.07, 6.45) is 6.89. The van der Waals surface area contributed by atoms with E-state index in [0.29, 0.717) is 12.6 Å². The molecule has 5 heteroatoms. The Hall–Kier alpha value is -1.20. The number of nitrogens with one attached hydrogen (secondary N) is 1. The second kappa shape index (κ2) is 5.23. The molecule has 0 aromatic carbocycles. The number of hydrogen-bond donors (Lipinski definition) is 3. The summed E-state index contributed by atoms with van der Waals surface area (Å²) >= 11 is 0. The van der Waals surface area contributed by atoms with Gasteiger partial charge in [0.15, 0.2) is 0 Å². The first-order valence-electron chi connectivity index (χ1n) is 5.73. The molecule has 4 N–H and O–H groups in total. The predicted molar refractivity (Wildman–Crippen MR) is 61.8 cm³/mol. The Morgan fingerprint density at radius 3 is 3.12 bits per heavy atom. The minimum absolute atomic E-state index is 0.186. The van der Waals surface area contributed by atoms with E-state index in [1.54, 1.807) is 6.20 Å². The largest absolute Gasteiger partial charge is 0.393 e. The fourth-order valence-electron chi connectivity index (χ4n) is 2.13. The molecule has 16 heavy (non-hydrogen) atoms. The molecule has 0 spiro atoms. The van der Waals surface area contributed by atoms with Crippen LogP contribution in [0.1, 0.15) is 31.2 Å². The molecule has 1 fully saturated rings. The summed E-state index contributed by atoms with van der Waals surface area (Å²) in [5.41, 5.74) is 6.53. The number of nitrogens with two attached hydrogens (primary N) is 1. The minimum atomic E-state index is -0.186. The van der Waals surface area contributed by atoms with Gasteiger partial charge in [-0.25, -0.2) is 9.97 Å². The van der Waals surface area contributed by atoms with Gasteiger partial charge in [0.25, 0.3) is 0 Å². The molecule has 0 amide bonds. The first-order valence-corrected chi connectivity index (χ1v) is 5.73. The topological polar surface area (TPSA) is 84.1 Å². The molecule has 88 valence electrons. The zero-order valence-corrected chi connectivity index (χ0v) is 9.26. The maximum absolute atomic E-state index is 9.59. The number of aliphatic hydroxyl groups is 1. The molecule has 2 rings (SSSR count). The summed E-state index contributed by atoms with van der Waals surface area (Å²) in [6.45, 7) is 0.429. The van der Waals surface area contributed by atoms with Crippen molar-refractivity contribution in [1.82, 2.24) is 9.97 Å². The van der Waals surface area contributed by atoms with Gasteiger partial charge < -0.3 is 16.2 Å². The molecule has 5 nitrogen and oxygen atoms in total. The van der Waals surface area contributed by atoms with Crippen molar-refractivity contribution in [3.8, 4) is 0 Å². The van der Waals surface area contributed by atoms with Crippen LogP contribution in [0.15, 0.2) is 12.5 Å². The average Bonchev–Trinajstić information content (AvgIpc) is 2.30. The van der Waals surface area contributed by atoms with Gasteiger partial charge >= 0.3 is 0 Å². The van der Waals surface area contributed by atoms with Crippen LogP contribution in [-0.2, 0) is 6.54 Å². The van der Waals surface area contributed by atoms with Gasteiger partial charge in [0.1, 0.15) is 12.1 Å². The van der Waals surface area contributed by atoms with Gasteiger partial charge in [0.2, 0.25) is 0 Å². The summed E-state index contributed by atoms with van der Waals surface area (Å²) < 4.78 is 0. The number of rotatable bonds is 3. The highest BCUT2D eigenvalue weighted by Gasteiger charge is 2.20. The third-order valence-electron chi connectivity index (χ3n) is 3.00. The maximum Gasteiger partial charge on any atom is 0.134 e. The lowest BCUT2D eigenvalue weighted by molar-refractivity contribution is 0.124. The lowest BCUT2D eigenvalue weighted by Gasteiger charge is -2.27. The third kappa shape index (κ3) is 2.68. The van der Waals surface area contributed by atoms with Crippen molar-refractivity contribution < 1.29 is 5.11 Å². The highest BCUT2D eigenvalue weighted by atomic mass is 16.3. The average molecular weight is 222 g/mol. The van der Waals surface area contributed by atoms with Crippen LogP contribution in [0.2, 0.25) is 0 Å².